The largest absolute Gasteiger partial charge is 0.543 e. The molecule has 0 bridgehead atoms. The fraction of sp³-hybridized carbons (Fsp3) is 0.629. The number of esters is 2. The maximum absolute atomic E-state index is 13.7. The predicted molar refractivity (Wildman–Crippen MR) is 165 cm³/mol. The number of carbonyl (C=O) groups excluding carboxylic acids is 3. The first kappa shape index (κ1) is 30.3. The smallest absolute Gasteiger partial charge is 0.316 e. The molecule has 8 heteroatoms. The summed E-state index contributed by atoms with van der Waals surface area (Å²) in [7, 11) is -0.616. The van der Waals surface area contributed by atoms with Crippen molar-refractivity contribution in [3.8, 4) is 5.75 Å². The van der Waals surface area contributed by atoms with Gasteiger partial charge in [0.25, 0.3) is 0 Å². The van der Waals surface area contributed by atoms with Crippen molar-refractivity contribution in [3.05, 3.63) is 53.1 Å². The van der Waals surface area contributed by atoms with Crippen molar-refractivity contribution < 1.29 is 33.0 Å². The molecule has 7 nitrogen and oxygen atoms in total. The van der Waals surface area contributed by atoms with Crippen LogP contribution in [0.3, 0.4) is 0 Å². The molecular weight excluding hydrogens is 560 g/mol. The van der Waals surface area contributed by atoms with Crippen LogP contribution >= 0.6 is 0 Å². The van der Waals surface area contributed by atoms with Gasteiger partial charge in [0.1, 0.15) is 11.9 Å². The van der Waals surface area contributed by atoms with Crippen molar-refractivity contribution in [1.29, 1.82) is 0 Å². The number of hydrogen-bond donors (Lipinski definition) is 0. The number of ether oxygens (including phenoxy) is 3. The zero-order valence-electron chi connectivity index (χ0n) is 27.0. The van der Waals surface area contributed by atoms with E-state index >= 15 is 0 Å². The molecule has 5 aliphatic rings. The van der Waals surface area contributed by atoms with Gasteiger partial charge in [-0.25, -0.2) is 0 Å². The summed E-state index contributed by atoms with van der Waals surface area (Å²) < 4.78 is 24.8. The summed E-state index contributed by atoms with van der Waals surface area (Å²) in [5, 5.41) is 0.0958. The van der Waals surface area contributed by atoms with Crippen LogP contribution in [0, 0.1) is 28.6 Å². The first-order valence-electron chi connectivity index (χ1n) is 15.7. The van der Waals surface area contributed by atoms with E-state index in [9.17, 15) is 14.4 Å². The highest BCUT2D eigenvalue weighted by Gasteiger charge is 2.73. The van der Waals surface area contributed by atoms with Gasteiger partial charge in [0, 0.05) is 23.7 Å². The maximum Gasteiger partial charge on any atom is 0.316 e. The summed E-state index contributed by atoms with van der Waals surface area (Å²) >= 11 is 0. The molecule has 0 spiro atoms. The third-order valence-corrected chi connectivity index (χ3v) is 16.5. The Hall–Kier alpha value is -2.71. The molecule has 1 aromatic rings. The number of fused-ring (bicyclic) bond motifs is 3. The van der Waals surface area contributed by atoms with Gasteiger partial charge in [-0.1, -0.05) is 51.5 Å². The van der Waals surface area contributed by atoms with Crippen molar-refractivity contribution in [2.45, 2.75) is 103 Å². The average Bonchev–Trinajstić information content (AvgIpc) is 3.40. The van der Waals surface area contributed by atoms with Crippen LogP contribution in [0.1, 0.15) is 72.3 Å². The van der Waals surface area contributed by atoms with E-state index in [0.717, 1.165) is 12.2 Å². The number of benzene rings is 1. The number of hydrogen-bond acceptors (Lipinski definition) is 7. The lowest BCUT2D eigenvalue weighted by atomic mass is 9.45. The van der Waals surface area contributed by atoms with Crippen LogP contribution in [0.2, 0.25) is 18.1 Å². The summed E-state index contributed by atoms with van der Waals surface area (Å²) in [5.74, 6) is -0.574. The monoisotopic (exact) mass is 606 g/mol. The molecule has 3 fully saturated rings. The Morgan fingerprint density at radius 3 is 2.53 bits per heavy atom. The number of allylic oxidation sites excluding steroid dienone is 2. The van der Waals surface area contributed by atoms with Gasteiger partial charge < -0.3 is 18.6 Å². The minimum absolute atomic E-state index is 0.0544. The van der Waals surface area contributed by atoms with Crippen LogP contribution in [-0.2, 0) is 28.6 Å². The minimum atomic E-state index is -2.00. The highest BCUT2D eigenvalue weighted by molar-refractivity contribution is 6.74. The van der Waals surface area contributed by atoms with Crippen molar-refractivity contribution in [2.24, 2.45) is 28.6 Å². The Bertz CT molecular complexity index is 1440. The Labute approximate surface area is 256 Å². The van der Waals surface area contributed by atoms with Gasteiger partial charge >= 0.3 is 11.9 Å². The Balaban J connectivity index is 1.36. The van der Waals surface area contributed by atoms with Gasteiger partial charge in [-0.15, -0.1) is 0 Å². The highest BCUT2D eigenvalue weighted by atomic mass is 28.4. The van der Waals surface area contributed by atoms with E-state index in [2.05, 4.69) is 65.1 Å². The van der Waals surface area contributed by atoms with Crippen LogP contribution < -0.4 is 4.43 Å². The molecule has 9 atom stereocenters. The third-order valence-electron chi connectivity index (χ3n) is 12.1. The van der Waals surface area contributed by atoms with Crippen LogP contribution in [0.4, 0.5) is 0 Å². The van der Waals surface area contributed by atoms with Gasteiger partial charge in [0.15, 0.2) is 5.78 Å². The van der Waals surface area contributed by atoms with Crippen LogP contribution in [0.25, 0.3) is 0 Å². The number of rotatable bonds is 5. The summed E-state index contributed by atoms with van der Waals surface area (Å²) in [4.78, 5) is 39.9. The molecule has 0 radical (unpaired) electrons. The van der Waals surface area contributed by atoms with Gasteiger partial charge in [-0.3, -0.25) is 14.4 Å². The molecule has 3 aliphatic carbocycles. The molecule has 2 heterocycles. The van der Waals surface area contributed by atoms with Crippen molar-refractivity contribution >= 4 is 26.0 Å². The fourth-order valence-corrected chi connectivity index (χ4v) is 9.69. The highest BCUT2D eigenvalue weighted by Crippen LogP contribution is 2.66. The van der Waals surface area contributed by atoms with Crippen molar-refractivity contribution in [1.82, 2.24) is 0 Å². The summed E-state index contributed by atoms with van der Waals surface area (Å²) in [6.07, 6.45) is 3.79. The SMILES string of the molecule is COC(=O)C[C@H]1[C@@H]2CC3=C(C)[C@@H](c4cccc(O[Si](C)(C)C(C)(C)C)c4)C[C@@H]3O[C@@H]2[C@@H]2OC(=O)[C@]3(C)C=CC(=O)[C@@]1(C)[C@@H]23. The second-order valence-electron chi connectivity index (χ2n) is 15.4. The van der Waals surface area contributed by atoms with E-state index in [4.69, 9.17) is 18.6 Å². The molecule has 0 N–H and O–H groups in total. The van der Waals surface area contributed by atoms with E-state index < -0.39 is 37.3 Å². The van der Waals surface area contributed by atoms with Crippen molar-refractivity contribution in [2.75, 3.05) is 7.11 Å². The van der Waals surface area contributed by atoms with Crippen LogP contribution in [-0.4, -0.2) is 51.5 Å². The first-order chi connectivity index (χ1) is 20.0. The molecule has 2 aliphatic heterocycles. The normalized spacial score (nSPS) is 38.3. The second kappa shape index (κ2) is 9.90. The zero-order chi connectivity index (χ0) is 31.3. The molecule has 43 heavy (non-hydrogen) atoms. The van der Waals surface area contributed by atoms with E-state index in [1.54, 1.807) is 6.08 Å². The first-order valence-corrected chi connectivity index (χ1v) is 18.6. The number of methoxy groups -OCH3 is 1. The van der Waals surface area contributed by atoms with E-state index in [0.29, 0.717) is 6.42 Å². The maximum atomic E-state index is 13.7. The molecule has 232 valence electrons. The molecular formula is C35H46O7Si. The lowest BCUT2D eigenvalue weighted by molar-refractivity contribution is -0.204. The van der Waals surface area contributed by atoms with Crippen molar-refractivity contribution in [3.63, 3.8) is 0 Å². The van der Waals surface area contributed by atoms with Gasteiger partial charge in [0.05, 0.1) is 24.7 Å². The zero-order valence-corrected chi connectivity index (χ0v) is 28.0. The molecule has 2 saturated heterocycles. The number of carbonyl (C=O) groups is 3. The van der Waals surface area contributed by atoms with E-state index in [1.807, 2.05) is 13.8 Å². The molecule has 1 saturated carbocycles. The lowest BCUT2D eigenvalue weighted by Gasteiger charge is -2.58. The lowest BCUT2D eigenvalue weighted by Crippen LogP contribution is -2.65. The second-order valence-corrected chi connectivity index (χ2v) is 20.1. The quantitative estimate of drug-likeness (QED) is 0.214. The Kier molecular flexibility index (Phi) is 6.98. The van der Waals surface area contributed by atoms with Crippen LogP contribution in [0.5, 0.6) is 5.75 Å². The summed E-state index contributed by atoms with van der Waals surface area (Å²) in [5.41, 5.74) is 1.83. The molecule has 1 aromatic carbocycles. The van der Waals surface area contributed by atoms with Gasteiger partial charge in [0.2, 0.25) is 8.32 Å². The van der Waals surface area contributed by atoms with E-state index in [-0.39, 0.29) is 53.0 Å². The summed E-state index contributed by atoms with van der Waals surface area (Å²) in [6, 6.07) is 8.48. The Morgan fingerprint density at radius 2 is 1.86 bits per heavy atom. The van der Waals surface area contributed by atoms with Crippen LogP contribution in [0.15, 0.2) is 47.6 Å². The molecule has 6 rings (SSSR count). The predicted octanol–water partition coefficient (Wildman–Crippen LogP) is 6.53. The molecule has 0 amide bonds. The summed E-state index contributed by atoms with van der Waals surface area (Å²) in [6.45, 7) is 17.2. The average molecular weight is 607 g/mol. The topological polar surface area (TPSA) is 88.1 Å². The molecule has 0 aromatic heterocycles. The standard InChI is InChI=1S/C35H46O7Si/c1-19-22(20-11-10-12-21(15-20)42-43(8,9)33(2,3)4)17-26-23(19)16-24-25(18-28(37)39-7)35(6)27(36)13-14-34(5)31(35)30(29(24)40-26)41-32(34)38/h10-15,22,24-26,29-31H,16-18H2,1-9H3/t22-,24-,25-,26-,29-,30-,31-,34+,35-/m0/s1. The van der Waals surface area contributed by atoms with Gasteiger partial charge in [-0.2, -0.15) is 0 Å². The van der Waals surface area contributed by atoms with E-state index in [1.165, 1.54) is 29.9 Å². The van der Waals surface area contributed by atoms with Gasteiger partial charge in [-0.05, 0) is 86.0 Å². The molecule has 0 unspecified atom stereocenters. The Morgan fingerprint density at radius 1 is 1.14 bits per heavy atom. The third kappa shape index (κ3) is 4.41. The number of ketones is 1. The minimum Gasteiger partial charge on any atom is -0.543 e. The fourth-order valence-electron chi connectivity index (χ4n) is 8.67.